The van der Waals surface area contributed by atoms with Crippen molar-refractivity contribution in [2.45, 2.75) is 12.3 Å². The Morgan fingerprint density at radius 1 is 0.750 bits per heavy atom. The van der Waals surface area contributed by atoms with Gasteiger partial charge < -0.3 is 17.0 Å². The summed E-state index contributed by atoms with van der Waals surface area (Å²) in [5.41, 5.74) is 0.871. The molecule has 0 saturated heterocycles. The summed E-state index contributed by atoms with van der Waals surface area (Å²) in [5.74, 6) is 0. The van der Waals surface area contributed by atoms with Gasteiger partial charge in [0, 0.05) is 0 Å². The van der Waals surface area contributed by atoms with Crippen LogP contribution in [-0.2, 0) is 0 Å². The number of nitrogens with zero attached hydrogens (tertiary/aromatic N) is 3. The molecule has 2 unspecified atom stereocenters. The van der Waals surface area contributed by atoms with Crippen LogP contribution in [0, 0.1) is 20.2 Å². The number of rotatable bonds is 6. The summed E-state index contributed by atoms with van der Waals surface area (Å²) in [4.78, 5) is 22.4. The summed E-state index contributed by atoms with van der Waals surface area (Å²) in [6, 6.07) is 16.7. The first kappa shape index (κ1) is 19.7. The molecule has 128 valence electrons. The molecule has 0 N–H and O–H groups in total. The van der Waals surface area contributed by atoms with Crippen molar-refractivity contribution in [3.63, 3.8) is 0 Å². The van der Waals surface area contributed by atoms with Gasteiger partial charge >= 0.3 is 12.3 Å². The first-order chi connectivity index (χ1) is 10.9. The highest BCUT2D eigenvalue weighted by Crippen LogP contribution is 2.36. The van der Waals surface area contributed by atoms with Crippen molar-refractivity contribution >= 4 is 0 Å². The maximum Gasteiger partial charge on any atom is 0.368 e. The Kier molecular flexibility index (Phi) is 6.56. The molecular formula is C16H18BrN3O4. The van der Waals surface area contributed by atoms with Crippen LogP contribution in [-0.4, -0.2) is 28.4 Å². The molecule has 0 aromatic heterocycles. The molecule has 2 aromatic rings. The second kappa shape index (κ2) is 7.98. The van der Waals surface area contributed by atoms with Crippen LogP contribution in [0.5, 0.6) is 0 Å². The molecule has 0 heterocycles. The maximum atomic E-state index is 11.7. The lowest BCUT2D eigenvalue weighted by atomic mass is 10.1. The molecule has 0 radical (unpaired) electrons. The lowest BCUT2D eigenvalue weighted by Gasteiger charge is -2.33. The van der Waals surface area contributed by atoms with Crippen LogP contribution in [0.3, 0.4) is 0 Å². The van der Waals surface area contributed by atoms with Gasteiger partial charge in [0.2, 0.25) is 0 Å². The van der Waals surface area contributed by atoms with E-state index in [1.165, 1.54) is 14.1 Å². The first-order valence-corrected chi connectivity index (χ1v) is 7.06. The molecule has 0 saturated carbocycles. The number of quaternary nitrogens is 1. The average molecular weight is 396 g/mol. The molecule has 2 rings (SSSR count). The van der Waals surface area contributed by atoms with Gasteiger partial charge in [-0.3, -0.25) is 20.2 Å². The number of hydrogen-bond acceptors (Lipinski definition) is 4. The van der Waals surface area contributed by atoms with Crippen molar-refractivity contribution in [1.82, 2.24) is 0 Å². The van der Waals surface area contributed by atoms with Gasteiger partial charge in [-0.1, -0.05) is 36.4 Å². The predicted molar refractivity (Wildman–Crippen MR) is 84.5 cm³/mol. The largest absolute Gasteiger partial charge is 1.00 e. The standard InChI is InChI=1S/C16H18N3O4.BrH/c1-19(2,15(17(20)21)13-9-5-3-6-10-13)16(18(22)23)14-11-7-4-8-12-14;/h3-12,15-16H,1-2H3;1H/q+1;/p-1. The van der Waals surface area contributed by atoms with Gasteiger partial charge in [-0.25, -0.2) is 0 Å². The Morgan fingerprint density at radius 2 is 1.04 bits per heavy atom. The molecule has 0 aliphatic heterocycles. The van der Waals surface area contributed by atoms with Crippen molar-refractivity contribution in [2.75, 3.05) is 14.1 Å². The van der Waals surface area contributed by atoms with Gasteiger partial charge in [0.15, 0.2) is 0 Å². The SMILES string of the molecule is C[N+](C)(C(c1ccccc1)[N+](=O)[O-])C(c1ccccc1)[N+](=O)[O-].[Br-]. The molecule has 2 atom stereocenters. The highest BCUT2D eigenvalue weighted by molar-refractivity contribution is 5.18. The van der Waals surface area contributed by atoms with Gasteiger partial charge in [0.1, 0.15) is 0 Å². The lowest BCUT2D eigenvalue weighted by Crippen LogP contribution is -3.00. The van der Waals surface area contributed by atoms with E-state index in [4.69, 9.17) is 0 Å². The van der Waals surface area contributed by atoms with Crippen LogP contribution >= 0.6 is 0 Å². The zero-order valence-electron chi connectivity index (χ0n) is 13.3. The van der Waals surface area contributed by atoms with Crippen molar-refractivity contribution in [2.24, 2.45) is 0 Å². The summed E-state index contributed by atoms with van der Waals surface area (Å²) < 4.78 is -0.423. The minimum absolute atomic E-state index is 0. The van der Waals surface area contributed by atoms with E-state index in [0.717, 1.165) is 0 Å². The topological polar surface area (TPSA) is 86.3 Å². The van der Waals surface area contributed by atoms with Gasteiger partial charge in [-0.2, -0.15) is 4.48 Å². The monoisotopic (exact) mass is 395 g/mol. The van der Waals surface area contributed by atoms with E-state index in [1.54, 1.807) is 60.7 Å². The van der Waals surface area contributed by atoms with E-state index in [1.807, 2.05) is 0 Å². The summed E-state index contributed by atoms with van der Waals surface area (Å²) in [5, 5.41) is 23.3. The van der Waals surface area contributed by atoms with E-state index in [2.05, 4.69) is 0 Å². The number of hydrogen-bond donors (Lipinski definition) is 0. The molecular weight excluding hydrogens is 378 g/mol. The fraction of sp³-hybridized carbons (Fsp3) is 0.250. The van der Waals surface area contributed by atoms with E-state index in [0.29, 0.717) is 11.1 Å². The third-order valence-electron chi connectivity index (χ3n) is 3.86. The molecule has 0 aliphatic carbocycles. The minimum atomic E-state index is -1.24. The van der Waals surface area contributed by atoms with Gasteiger partial charge in [-0.15, -0.1) is 0 Å². The lowest BCUT2D eigenvalue weighted by molar-refractivity contribution is -1.08. The zero-order chi connectivity index (χ0) is 17.0. The van der Waals surface area contributed by atoms with Crippen molar-refractivity contribution in [3.8, 4) is 0 Å². The van der Waals surface area contributed by atoms with E-state index in [-0.39, 0.29) is 17.0 Å². The van der Waals surface area contributed by atoms with Crippen LogP contribution in [0.15, 0.2) is 60.7 Å². The number of benzene rings is 2. The van der Waals surface area contributed by atoms with Gasteiger partial charge in [0.25, 0.3) is 0 Å². The zero-order valence-corrected chi connectivity index (χ0v) is 14.9. The Labute approximate surface area is 150 Å². The van der Waals surface area contributed by atoms with E-state index >= 15 is 0 Å². The van der Waals surface area contributed by atoms with Crippen LogP contribution in [0.2, 0.25) is 0 Å². The summed E-state index contributed by atoms with van der Waals surface area (Å²) >= 11 is 0. The fourth-order valence-corrected chi connectivity index (χ4v) is 2.88. The highest BCUT2D eigenvalue weighted by atomic mass is 79.9. The molecule has 24 heavy (non-hydrogen) atoms. The Morgan fingerprint density at radius 3 is 1.29 bits per heavy atom. The third-order valence-corrected chi connectivity index (χ3v) is 3.86. The van der Waals surface area contributed by atoms with Crippen molar-refractivity contribution in [3.05, 3.63) is 92.0 Å². The number of nitro groups is 2. The first-order valence-electron chi connectivity index (χ1n) is 7.06. The molecule has 0 bridgehead atoms. The van der Waals surface area contributed by atoms with Gasteiger partial charge in [0.05, 0.1) is 35.1 Å². The summed E-state index contributed by atoms with van der Waals surface area (Å²) in [6.07, 6.45) is -2.49. The maximum absolute atomic E-state index is 11.7. The molecule has 2 aromatic carbocycles. The Balaban J connectivity index is 0.00000288. The van der Waals surface area contributed by atoms with Crippen molar-refractivity contribution in [1.29, 1.82) is 0 Å². The van der Waals surface area contributed by atoms with Crippen LogP contribution in [0.4, 0.5) is 0 Å². The quantitative estimate of drug-likeness (QED) is 0.298. The smallest absolute Gasteiger partial charge is 0.368 e. The second-order valence-corrected chi connectivity index (χ2v) is 5.77. The van der Waals surface area contributed by atoms with Crippen LogP contribution < -0.4 is 17.0 Å². The molecule has 0 fully saturated rings. The Bertz CT molecular complexity index is 635. The highest BCUT2D eigenvalue weighted by Gasteiger charge is 2.52. The summed E-state index contributed by atoms with van der Waals surface area (Å²) in [6.45, 7) is 0. The normalized spacial score (nSPS) is 13.4. The fourth-order valence-electron chi connectivity index (χ4n) is 2.88. The van der Waals surface area contributed by atoms with Crippen molar-refractivity contribution < 1.29 is 31.3 Å². The van der Waals surface area contributed by atoms with E-state index in [9.17, 15) is 20.2 Å². The Hall–Kier alpha value is -2.32. The second-order valence-electron chi connectivity index (χ2n) is 5.77. The predicted octanol–water partition coefficient (Wildman–Crippen LogP) is 0.0178. The van der Waals surface area contributed by atoms with Gasteiger partial charge in [-0.05, 0) is 24.3 Å². The molecule has 7 nitrogen and oxygen atoms in total. The minimum Gasteiger partial charge on any atom is -1.00 e. The summed E-state index contributed by atoms with van der Waals surface area (Å²) in [7, 11) is 3.03. The molecule has 0 spiro atoms. The average Bonchev–Trinajstić information content (AvgIpc) is 2.48. The van der Waals surface area contributed by atoms with Crippen LogP contribution in [0.25, 0.3) is 0 Å². The third kappa shape index (κ3) is 3.95. The molecule has 8 heteroatoms. The molecule has 0 aliphatic rings. The van der Waals surface area contributed by atoms with Crippen LogP contribution in [0.1, 0.15) is 23.5 Å². The number of halogens is 1. The molecule has 0 amide bonds. The van der Waals surface area contributed by atoms with E-state index < -0.39 is 26.7 Å².